The van der Waals surface area contributed by atoms with Crippen LogP contribution in [0.5, 0.6) is 5.75 Å². The number of aromatic nitrogens is 1. The number of anilines is 2. The molecule has 31 heavy (non-hydrogen) atoms. The average molecular weight is 442 g/mol. The summed E-state index contributed by atoms with van der Waals surface area (Å²) in [4.78, 5) is 19.4. The Morgan fingerprint density at radius 2 is 2.19 bits per heavy atom. The van der Waals surface area contributed by atoms with Gasteiger partial charge in [0.1, 0.15) is 17.4 Å². The summed E-state index contributed by atoms with van der Waals surface area (Å²) in [7, 11) is 1.45. The molecule has 160 valence electrons. The highest BCUT2D eigenvalue weighted by Crippen LogP contribution is 2.36. The first-order valence-electron chi connectivity index (χ1n) is 9.93. The van der Waals surface area contributed by atoms with E-state index in [1.54, 1.807) is 23.6 Å². The molecule has 6 nitrogen and oxygen atoms in total. The molecule has 9 heteroatoms. The Morgan fingerprint density at radius 1 is 1.32 bits per heavy atom. The van der Waals surface area contributed by atoms with Gasteiger partial charge in [-0.2, -0.15) is 0 Å². The third-order valence-corrected chi connectivity index (χ3v) is 6.56. The molecule has 2 unspecified atom stereocenters. The Kier molecular flexibility index (Phi) is 5.07. The van der Waals surface area contributed by atoms with E-state index < -0.39 is 17.5 Å². The van der Waals surface area contributed by atoms with Crippen LogP contribution in [0.4, 0.5) is 20.2 Å². The van der Waals surface area contributed by atoms with Gasteiger partial charge in [-0.05, 0) is 36.8 Å². The fraction of sp³-hybridized carbons (Fsp3) is 0.273. The summed E-state index contributed by atoms with van der Waals surface area (Å²) in [5.41, 5.74) is 1.70. The lowest BCUT2D eigenvalue weighted by molar-refractivity contribution is 0.102. The Bertz CT molecular complexity index is 1150. The Hall–Kier alpha value is -3.04. The van der Waals surface area contributed by atoms with Gasteiger partial charge in [-0.15, -0.1) is 11.3 Å². The normalized spacial score (nSPS) is 19.6. The Labute approximate surface area is 181 Å². The van der Waals surface area contributed by atoms with Crippen LogP contribution in [0.3, 0.4) is 0 Å². The molecule has 2 aromatic carbocycles. The molecule has 0 radical (unpaired) electrons. The molecule has 2 atom stereocenters. The third kappa shape index (κ3) is 3.64. The first kappa shape index (κ1) is 19.9. The number of halogens is 2. The standard InChI is InChI=1S/C22H20F2N4O2S/c1-30-19-4-2-3-15(24)20(19)17-11-31-22(27-17)21(29)26-16-7-12(23)5-6-18(16)28-10-13-8-14(28)9-25-13/h2-7,11,13-14,25H,8-10H2,1H3,(H,26,29). The van der Waals surface area contributed by atoms with Gasteiger partial charge in [0.05, 0.1) is 29.7 Å². The number of methoxy groups -OCH3 is 1. The number of nitrogens with zero attached hydrogens (tertiary/aromatic N) is 2. The summed E-state index contributed by atoms with van der Waals surface area (Å²) in [6.45, 7) is 1.68. The van der Waals surface area contributed by atoms with E-state index in [0.717, 1.165) is 36.5 Å². The van der Waals surface area contributed by atoms with Crippen LogP contribution in [0.1, 0.15) is 16.2 Å². The van der Waals surface area contributed by atoms with Crippen LogP contribution in [0.2, 0.25) is 0 Å². The molecule has 2 N–H and O–H groups in total. The fourth-order valence-corrected chi connectivity index (χ4v) is 5.01. The van der Waals surface area contributed by atoms with Crippen molar-refractivity contribution < 1.29 is 18.3 Å². The zero-order chi connectivity index (χ0) is 21.5. The number of nitrogens with one attached hydrogen (secondary N) is 2. The van der Waals surface area contributed by atoms with Crippen molar-refractivity contribution in [1.29, 1.82) is 0 Å². The summed E-state index contributed by atoms with van der Waals surface area (Å²) >= 11 is 1.09. The lowest BCUT2D eigenvalue weighted by Gasteiger charge is -2.31. The molecule has 2 bridgehead atoms. The van der Waals surface area contributed by atoms with Crippen molar-refractivity contribution >= 4 is 28.6 Å². The minimum absolute atomic E-state index is 0.153. The SMILES string of the molecule is COc1cccc(F)c1-c1csc(C(=O)Nc2cc(F)ccc2N2CC3CC2CN3)n1. The minimum Gasteiger partial charge on any atom is -0.496 e. The summed E-state index contributed by atoms with van der Waals surface area (Å²) < 4.78 is 33.6. The first-order valence-corrected chi connectivity index (χ1v) is 10.8. The van der Waals surface area contributed by atoms with Gasteiger partial charge in [0.25, 0.3) is 5.91 Å². The van der Waals surface area contributed by atoms with E-state index in [2.05, 4.69) is 20.5 Å². The number of piperazine rings is 1. The quantitative estimate of drug-likeness (QED) is 0.628. The van der Waals surface area contributed by atoms with Gasteiger partial charge in [0.15, 0.2) is 5.01 Å². The largest absolute Gasteiger partial charge is 0.496 e. The van der Waals surface area contributed by atoms with Crippen LogP contribution in [-0.2, 0) is 0 Å². The minimum atomic E-state index is -0.485. The van der Waals surface area contributed by atoms with Crippen molar-refractivity contribution in [3.05, 3.63) is 58.4 Å². The van der Waals surface area contributed by atoms with Crippen molar-refractivity contribution in [1.82, 2.24) is 10.3 Å². The lowest BCUT2D eigenvalue weighted by Crippen LogP contribution is -2.44. The highest BCUT2D eigenvalue weighted by atomic mass is 32.1. The maximum Gasteiger partial charge on any atom is 0.284 e. The number of hydrogen-bond acceptors (Lipinski definition) is 6. The molecule has 0 saturated carbocycles. The molecule has 2 saturated heterocycles. The molecule has 2 aliphatic heterocycles. The molecule has 1 amide bonds. The smallest absolute Gasteiger partial charge is 0.284 e. The van der Waals surface area contributed by atoms with Crippen LogP contribution in [-0.4, -0.2) is 43.2 Å². The topological polar surface area (TPSA) is 66.5 Å². The van der Waals surface area contributed by atoms with Crippen molar-refractivity contribution in [2.45, 2.75) is 18.5 Å². The molecule has 3 heterocycles. The number of benzene rings is 2. The van der Waals surface area contributed by atoms with E-state index in [4.69, 9.17) is 4.74 Å². The highest BCUT2D eigenvalue weighted by molar-refractivity contribution is 7.12. The second-order valence-electron chi connectivity index (χ2n) is 7.62. The van der Waals surface area contributed by atoms with Crippen LogP contribution >= 0.6 is 11.3 Å². The summed E-state index contributed by atoms with van der Waals surface area (Å²) in [5.74, 6) is -1.05. The maximum atomic E-state index is 14.4. The molecule has 2 fully saturated rings. The van der Waals surface area contributed by atoms with Crippen molar-refractivity contribution in [3.8, 4) is 17.0 Å². The fourth-order valence-electron chi connectivity index (χ4n) is 4.31. The van der Waals surface area contributed by atoms with E-state index in [-0.39, 0.29) is 10.6 Å². The Morgan fingerprint density at radius 3 is 2.94 bits per heavy atom. The highest BCUT2D eigenvalue weighted by Gasteiger charge is 2.38. The number of carbonyl (C=O) groups is 1. The molecule has 1 aromatic heterocycles. The third-order valence-electron chi connectivity index (χ3n) is 5.72. The van der Waals surface area contributed by atoms with Crippen LogP contribution in [0.25, 0.3) is 11.3 Å². The van der Waals surface area contributed by atoms with E-state index in [9.17, 15) is 13.6 Å². The van der Waals surface area contributed by atoms with Crippen LogP contribution in [0, 0.1) is 11.6 Å². The average Bonchev–Trinajstić information content (AvgIpc) is 3.51. The first-order chi connectivity index (χ1) is 15.0. The van der Waals surface area contributed by atoms with E-state index in [0.29, 0.717) is 29.2 Å². The molecular weight excluding hydrogens is 422 g/mol. The molecule has 0 aliphatic carbocycles. The van der Waals surface area contributed by atoms with E-state index in [1.165, 1.54) is 25.3 Å². The number of carbonyl (C=O) groups excluding carboxylic acids is 1. The number of fused-ring (bicyclic) bond motifs is 2. The van der Waals surface area contributed by atoms with Gasteiger partial charge >= 0.3 is 0 Å². The molecule has 0 spiro atoms. The monoisotopic (exact) mass is 442 g/mol. The van der Waals surface area contributed by atoms with Crippen LogP contribution in [0.15, 0.2) is 41.8 Å². The number of hydrogen-bond donors (Lipinski definition) is 2. The predicted molar refractivity (Wildman–Crippen MR) is 116 cm³/mol. The second-order valence-corrected chi connectivity index (χ2v) is 8.48. The molecule has 5 rings (SSSR count). The number of thiazole rings is 1. The second kappa shape index (κ2) is 7.90. The maximum absolute atomic E-state index is 14.4. The van der Waals surface area contributed by atoms with E-state index >= 15 is 0 Å². The predicted octanol–water partition coefficient (Wildman–Crippen LogP) is 3.90. The van der Waals surface area contributed by atoms with Gasteiger partial charge in [0.2, 0.25) is 0 Å². The van der Waals surface area contributed by atoms with Crippen molar-refractivity contribution in [2.75, 3.05) is 30.4 Å². The van der Waals surface area contributed by atoms with Gasteiger partial charge in [-0.25, -0.2) is 13.8 Å². The summed E-state index contributed by atoms with van der Waals surface area (Å²) in [6.07, 6.45) is 1.03. The Balaban J connectivity index is 1.42. The number of amides is 1. The van der Waals surface area contributed by atoms with Gasteiger partial charge in [0, 0.05) is 30.6 Å². The lowest BCUT2D eigenvalue weighted by atomic mass is 10.1. The zero-order valence-corrected chi connectivity index (χ0v) is 17.5. The van der Waals surface area contributed by atoms with Crippen LogP contribution < -0.4 is 20.3 Å². The van der Waals surface area contributed by atoms with Gasteiger partial charge in [-0.3, -0.25) is 4.79 Å². The van der Waals surface area contributed by atoms with E-state index in [1.807, 2.05) is 0 Å². The summed E-state index contributed by atoms with van der Waals surface area (Å²) in [6, 6.07) is 9.65. The van der Waals surface area contributed by atoms with Crippen molar-refractivity contribution in [2.24, 2.45) is 0 Å². The van der Waals surface area contributed by atoms with Gasteiger partial charge < -0.3 is 20.3 Å². The zero-order valence-electron chi connectivity index (χ0n) is 16.7. The molecular formula is C22H20F2N4O2S. The number of rotatable bonds is 5. The molecule has 3 aromatic rings. The molecule has 2 aliphatic rings. The number of ether oxygens (including phenoxy) is 1. The summed E-state index contributed by atoms with van der Waals surface area (Å²) in [5, 5.41) is 7.98. The van der Waals surface area contributed by atoms with Gasteiger partial charge in [-0.1, -0.05) is 6.07 Å². The van der Waals surface area contributed by atoms with Crippen molar-refractivity contribution in [3.63, 3.8) is 0 Å².